The molecule has 0 saturated carbocycles. The molecule has 31 heavy (non-hydrogen) atoms. The highest BCUT2D eigenvalue weighted by Crippen LogP contribution is 2.10. The van der Waals surface area contributed by atoms with Crippen LogP contribution in [0.5, 0.6) is 0 Å². The molecule has 1 heterocycles. The SMILES string of the molecule is C[C@@H](CC(=O)N1CCN(CC(=O)Nc2cccc(F)c2)CC1)NC(=O)c1ccccc1. The molecule has 1 aliphatic heterocycles. The minimum absolute atomic E-state index is 0.0234. The van der Waals surface area contributed by atoms with Gasteiger partial charge in [0.15, 0.2) is 0 Å². The number of anilines is 1. The third-order valence-electron chi connectivity index (χ3n) is 5.09. The van der Waals surface area contributed by atoms with Crippen LogP contribution in [0.1, 0.15) is 23.7 Å². The molecule has 0 radical (unpaired) electrons. The van der Waals surface area contributed by atoms with Crippen molar-refractivity contribution in [2.24, 2.45) is 0 Å². The fraction of sp³-hybridized carbons (Fsp3) is 0.348. The molecule has 2 N–H and O–H groups in total. The summed E-state index contributed by atoms with van der Waals surface area (Å²) in [6, 6.07) is 14.4. The molecule has 2 aromatic carbocycles. The molecule has 164 valence electrons. The third kappa shape index (κ3) is 6.89. The van der Waals surface area contributed by atoms with Crippen LogP contribution < -0.4 is 10.6 Å². The van der Waals surface area contributed by atoms with Gasteiger partial charge in [0.25, 0.3) is 5.91 Å². The number of carbonyl (C=O) groups excluding carboxylic acids is 3. The number of amides is 3. The number of rotatable bonds is 7. The molecule has 0 bridgehead atoms. The van der Waals surface area contributed by atoms with Crippen LogP contribution in [0.15, 0.2) is 54.6 Å². The molecular formula is C23H27FN4O3. The maximum atomic E-state index is 13.2. The lowest BCUT2D eigenvalue weighted by Crippen LogP contribution is -2.51. The van der Waals surface area contributed by atoms with Crippen molar-refractivity contribution < 1.29 is 18.8 Å². The molecule has 0 aliphatic carbocycles. The Kier molecular flexibility index (Phi) is 7.72. The first-order valence-electron chi connectivity index (χ1n) is 10.3. The zero-order valence-electron chi connectivity index (χ0n) is 17.5. The van der Waals surface area contributed by atoms with Gasteiger partial charge < -0.3 is 15.5 Å². The summed E-state index contributed by atoms with van der Waals surface area (Å²) < 4.78 is 13.2. The van der Waals surface area contributed by atoms with Crippen molar-refractivity contribution in [2.75, 3.05) is 38.0 Å². The van der Waals surface area contributed by atoms with Crippen molar-refractivity contribution in [1.29, 1.82) is 0 Å². The summed E-state index contributed by atoms with van der Waals surface area (Å²) in [5.41, 5.74) is 0.984. The lowest BCUT2D eigenvalue weighted by molar-refractivity contribution is -0.133. The Morgan fingerprint density at radius 2 is 1.71 bits per heavy atom. The van der Waals surface area contributed by atoms with Gasteiger partial charge in [0.1, 0.15) is 5.82 Å². The molecule has 0 spiro atoms. The summed E-state index contributed by atoms with van der Waals surface area (Å²) in [4.78, 5) is 40.7. The van der Waals surface area contributed by atoms with Crippen LogP contribution in [0.25, 0.3) is 0 Å². The molecule has 1 saturated heterocycles. The fourth-order valence-electron chi connectivity index (χ4n) is 3.46. The summed E-state index contributed by atoms with van der Waals surface area (Å²) in [5.74, 6) is -0.846. The van der Waals surface area contributed by atoms with Crippen LogP contribution in [0.2, 0.25) is 0 Å². The number of nitrogens with zero attached hydrogens (tertiary/aromatic N) is 2. The van der Waals surface area contributed by atoms with Crippen molar-refractivity contribution >= 4 is 23.4 Å². The van der Waals surface area contributed by atoms with E-state index in [1.165, 1.54) is 12.1 Å². The number of halogens is 1. The molecule has 1 atom stereocenters. The van der Waals surface area contributed by atoms with Crippen molar-refractivity contribution in [3.05, 3.63) is 66.0 Å². The molecule has 3 amide bonds. The predicted molar refractivity (Wildman–Crippen MR) is 116 cm³/mol. The fourth-order valence-corrected chi connectivity index (χ4v) is 3.46. The second-order valence-electron chi connectivity index (χ2n) is 7.66. The van der Waals surface area contributed by atoms with Crippen LogP contribution in [-0.2, 0) is 9.59 Å². The van der Waals surface area contributed by atoms with Crippen LogP contribution in [0.4, 0.5) is 10.1 Å². The summed E-state index contributed by atoms with van der Waals surface area (Å²) in [6.45, 7) is 4.19. The molecule has 2 aromatic rings. The molecule has 1 aliphatic rings. The number of nitrogens with one attached hydrogen (secondary N) is 2. The monoisotopic (exact) mass is 426 g/mol. The Balaban J connectivity index is 1.39. The highest BCUT2D eigenvalue weighted by atomic mass is 19.1. The van der Waals surface area contributed by atoms with Gasteiger partial charge in [-0.05, 0) is 37.3 Å². The quantitative estimate of drug-likeness (QED) is 0.711. The van der Waals surface area contributed by atoms with Crippen molar-refractivity contribution in [2.45, 2.75) is 19.4 Å². The summed E-state index contributed by atoms with van der Waals surface area (Å²) in [7, 11) is 0. The molecule has 3 rings (SSSR count). The van der Waals surface area contributed by atoms with E-state index in [0.29, 0.717) is 37.4 Å². The second kappa shape index (κ2) is 10.7. The average Bonchev–Trinajstić information content (AvgIpc) is 2.74. The minimum atomic E-state index is -0.404. The molecular weight excluding hydrogens is 399 g/mol. The van der Waals surface area contributed by atoms with Gasteiger partial charge in [-0.15, -0.1) is 0 Å². The van der Waals surface area contributed by atoms with Gasteiger partial charge in [0.05, 0.1) is 6.54 Å². The van der Waals surface area contributed by atoms with E-state index in [9.17, 15) is 18.8 Å². The van der Waals surface area contributed by atoms with Crippen LogP contribution in [0, 0.1) is 5.82 Å². The van der Waals surface area contributed by atoms with Crippen molar-refractivity contribution in [3.8, 4) is 0 Å². The van der Waals surface area contributed by atoms with Gasteiger partial charge in [-0.2, -0.15) is 0 Å². The normalized spacial score (nSPS) is 15.2. The predicted octanol–water partition coefficient (Wildman–Crippen LogP) is 2.12. The second-order valence-corrected chi connectivity index (χ2v) is 7.66. The summed E-state index contributed by atoms with van der Waals surface area (Å²) >= 11 is 0. The highest BCUT2D eigenvalue weighted by molar-refractivity contribution is 5.94. The van der Waals surface area contributed by atoms with E-state index >= 15 is 0 Å². The molecule has 8 heteroatoms. The maximum absolute atomic E-state index is 13.2. The number of hydrogen-bond acceptors (Lipinski definition) is 4. The topological polar surface area (TPSA) is 81.8 Å². The van der Waals surface area contributed by atoms with E-state index in [2.05, 4.69) is 10.6 Å². The summed E-state index contributed by atoms with van der Waals surface area (Å²) in [6.07, 6.45) is 0.221. The minimum Gasteiger partial charge on any atom is -0.349 e. The Morgan fingerprint density at radius 3 is 2.39 bits per heavy atom. The molecule has 1 fully saturated rings. The number of carbonyl (C=O) groups is 3. The highest BCUT2D eigenvalue weighted by Gasteiger charge is 2.24. The number of piperazine rings is 1. The van der Waals surface area contributed by atoms with Crippen molar-refractivity contribution in [3.63, 3.8) is 0 Å². The largest absolute Gasteiger partial charge is 0.349 e. The number of hydrogen-bond donors (Lipinski definition) is 2. The van der Waals surface area contributed by atoms with E-state index in [4.69, 9.17) is 0 Å². The Labute approximate surface area is 181 Å². The maximum Gasteiger partial charge on any atom is 0.251 e. The van der Waals surface area contributed by atoms with E-state index in [0.717, 1.165) is 0 Å². The number of benzene rings is 2. The van der Waals surface area contributed by atoms with Crippen molar-refractivity contribution in [1.82, 2.24) is 15.1 Å². The standard InChI is InChI=1S/C23H27FN4O3/c1-17(25-23(31)18-6-3-2-4-7-18)14-22(30)28-12-10-27(11-13-28)16-21(29)26-20-9-5-8-19(24)15-20/h2-9,15,17H,10-14,16H2,1H3,(H,25,31)(H,26,29)/t17-/m0/s1. The van der Waals surface area contributed by atoms with E-state index in [1.807, 2.05) is 17.9 Å². The van der Waals surface area contributed by atoms with Gasteiger partial charge in [-0.3, -0.25) is 19.3 Å². The Bertz CT molecular complexity index is 914. The van der Waals surface area contributed by atoms with Crippen LogP contribution in [0.3, 0.4) is 0 Å². The van der Waals surface area contributed by atoms with E-state index in [-0.39, 0.29) is 36.7 Å². The first kappa shape index (κ1) is 22.4. The Hall–Kier alpha value is -3.26. The zero-order valence-corrected chi connectivity index (χ0v) is 17.5. The molecule has 0 unspecified atom stereocenters. The zero-order chi connectivity index (χ0) is 22.2. The van der Waals surface area contributed by atoms with Crippen LogP contribution in [-0.4, -0.2) is 66.3 Å². The average molecular weight is 426 g/mol. The third-order valence-corrected chi connectivity index (χ3v) is 5.09. The van der Waals surface area contributed by atoms with Gasteiger partial charge in [-0.25, -0.2) is 4.39 Å². The smallest absolute Gasteiger partial charge is 0.251 e. The van der Waals surface area contributed by atoms with Gasteiger partial charge >= 0.3 is 0 Å². The lowest BCUT2D eigenvalue weighted by atomic mass is 10.1. The molecule has 7 nitrogen and oxygen atoms in total. The van der Waals surface area contributed by atoms with Gasteiger partial charge in [0, 0.05) is 49.9 Å². The van der Waals surface area contributed by atoms with E-state index in [1.54, 1.807) is 41.3 Å². The van der Waals surface area contributed by atoms with Gasteiger partial charge in [0.2, 0.25) is 11.8 Å². The van der Waals surface area contributed by atoms with Crippen LogP contribution >= 0.6 is 0 Å². The first-order chi connectivity index (χ1) is 14.9. The van der Waals surface area contributed by atoms with E-state index < -0.39 is 5.82 Å². The Morgan fingerprint density at radius 1 is 1.00 bits per heavy atom. The summed E-state index contributed by atoms with van der Waals surface area (Å²) in [5, 5.41) is 5.53. The lowest BCUT2D eigenvalue weighted by Gasteiger charge is -2.34. The van der Waals surface area contributed by atoms with Gasteiger partial charge in [-0.1, -0.05) is 24.3 Å². The molecule has 0 aromatic heterocycles. The first-order valence-corrected chi connectivity index (χ1v) is 10.3.